The second-order valence-electron chi connectivity index (χ2n) is 5.95. The van der Waals surface area contributed by atoms with Crippen LogP contribution in [0, 0.1) is 5.92 Å². The molecule has 0 spiro atoms. The lowest BCUT2D eigenvalue weighted by Gasteiger charge is -2.36. The number of hydrogen-bond donors (Lipinski definition) is 1. The summed E-state index contributed by atoms with van der Waals surface area (Å²) in [5, 5.41) is 3.63. The Kier molecular flexibility index (Phi) is 7.14. The maximum Gasteiger partial charge on any atom is 0.0118 e. The van der Waals surface area contributed by atoms with Crippen LogP contribution in [0.4, 0.5) is 0 Å². The normalized spacial score (nSPS) is 27.4. The van der Waals surface area contributed by atoms with E-state index >= 15 is 0 Å². The maximum atomic E-state index is 3.63. The van der Waals surface area contributed by atoms with E-state index in [1.165, 1.54) is 45.1 Å². The molecular formula is C15H32N2. The van der Waals surface area contributed by atoms with E-state index < -0.39 is 0 Å². The fourth-order valence-corrected chi connectivity index (χ4v) is 3.14. The molecule has 0 saturated heterocycles. The third-order valence-corrected chi connectivity index (χ3v) is 4.31. The molecule has 3 atom stereocenters. The summed E-state index contributed by atoms with van der Waals surface area (Å²) in [6, 6.07) is 1.50. The average molecular weight is 240 g/mol. The molecule has 0 amide bonds. The molecule has 1 aliphatic rings. The first-order valence-corrected chi connectivity index (χ1v) is 7.58. The van der Waals surface area contributed by atoms with E-state index in [1.54, 1.807) is 0 Å². The molecule has 1 saturated carbocycles. The molecule has 0 radical (unpaired) electrons. The predicted octanol–water partition coefficient (Wildman–Crippen LogP) is 3.28. The van der Waals surface area contributed by atoms with E-state index in [-0.39, 0.29) is 0 Å². The molecule has 0 heterocycles. The third kappa shape index (κ3) is 5.39. The van der Waals surface area contributed by atoms with Crippen molar-refractivity contribution in [1.82, 2.24) is 10.2 Å². The van der Waals surface area contributed by atoms with Crippen molar-refractivity contribution in [2.75, 3.05) is 20.1 Å². The summed E-state index contributed by atoms with van der Waals surface area (Å²) in [4.78, 5) is 2.58. The highest BCUT2D eigenvalue weighted by molar-refractivity contribution is 4.79. The highest BCUT2D eigenvalue weighted by Crippen LogP contribution is 2.26. The lowest BCUT2D eigenvalue weighted by molar-refractivity contribution is 0.139. The van der Waals surface area contributed by atoms with Crippen molar-refractivity contribution in [1.29, 1.82) is 0 Å². The minimum absolute atomic E-state index is 0.678. The van der Waals surface area contributed by atoms with Gasteiger partial charge >= 0.3 is 0 Å². The Morgan fingerprint density at radius 2 is 2.00 bits per heavy atom. The Balaban J connectivity index is 2.17. The summed E-state index contributed by atoms with van der Waals surface area (Å²) in [5.41, 5.74) is 0. The minimum Gasteiger partial charge on any atom is -0.313 e. The van der Waals surface area contributed by atoms with E-state index in [2.05, 4.69) is 38.0 Å². The quantitative estimate of drug-likeness (QED) is 0.735. The van der Waals surface area contributed by atoms with Crippen molar-refractivity contribution in [3.8, 4) is 0 Å². The molecule has 17 heavy (non-hydrogen) atoms. The van der Waals surface area contributed by atoms with E-state index in [0.717, 1.165) is 18.5 Å². The molecule has 1 fully saturated rings. The summed E-state index contributed by atoms with van der Waals surface area (Å²) in [6.07, 6.45) is 8.28. The monoisotopic (exact) mass is 240 g/mol. The van der Waals surface area contributed by atoms with Gasteiger partial charge in [-0.25, -0.2) is 0 Å². The first kappa shape index (κ1) is 15.0. The van der Waals surface area contributed by atoms with Gasteiger partial charge in [0.25, 0.3) is 0 Å². The van der Waals surface area contributed by atoms with Crippen molar-refractivity contribution in [2.45, 2.75) is 71.4 Å². The zero-order valence-corrected chi connectivity index (χ0v) is 12.3. The SMILES string of the molecule is CCCC(C)NCCN(C)C1CCCCC1C. The highest BCUT2D eigenvalue weighted by atomic mass is 15.1. The van der Waals surface area contributed by atoms with E-state index in [1.807, 2.05) is 0 Å². The Bertz CT molecular complexity index is 193. The number of nitrogens with one attached hydrogen (secondary N) is 1. The first-order chi connectivity index (χ1) is 8.15. The molecule has 1 rings (SSSR count). The van der Waals surface area contributed by atoms with Gasteiger partial charge in [0.05, 0.1) is 0 Å². The van der Waals surface area contributed by atoms with E-state index in [9.17, 15) is 0 Å². The van der Waals surface area contributed by atoms with E-state index in [4.69, 9.17) is 0 Å². The lowest BCUT2D eigenvalue weighted by atomic mass is 9.85. The Labute approximate surface area is 108 Å². The van der Waals surface area contributed by atoms with Crippen molar-refractivity contribution in [3.63, 3.8) is 0 Å². The summed E-state index contributed by atoms with van der Waals surface area (Å²) >= 11 is 0. The number of hydrogen-bond acceptors (Lipinski definition) is 2. The fourth-order valence-electron chi connectivity index (χ4n) is 3.14. The van der Waals surface area contributed by atoms with Crippen LogP contribution in [-0.4, -0.2) is 37.1 Å². The summed E-state index contributed by atoms with van der Waals surface area (Å²) in [6.45, 7) is 9.32. The van der Waals surface area contributed by atoms with Crippen LogP contribution in [-0.2, 0) is 0 Å². The van der Waals surface area contributed by atoms with Crippen LogP contribution >= 0.6 is 0 Å². The minimum atomic E-state index is 0.678. The van der Waals surface area contributed by atoms with Crippen LogP contribution in [0.15, 0.2) is 0 Å². The predicted molar refractivity (Wildman–Crippen MR) is 76.4 cm³/mol. The molecule has 0 bridgehead atoms. The van der Waals surface area contributed by atoms with Crippen LogP contribution in [0.2, 0.25) is 0 Å². The van der Waals surface area contributed by atoms with Crippen molar-refractivity contribution < 1.29 is 0 Å². The zero-order valence-electron chi connectivity index (χ0n) is 12.3. The fraction of sp³-hybridized carbons (Fsp3) is 1.00. The molecule has 0 aromatic rings. The summed E-state index contributed by atoms with van der Waals surface area (Å²) in [5.74, 6) is 0.891. The molecule has 0 aliphatic heterocycles. The molecular weight excluding hydrogens is 208 g/mol. The number of rotatable bonds is 7. The largest absolute Gasteiger partial charge is 0.313 e. The lowest BCUT2D eigenvalue weighted by Crippen LogP contribution is -2.43. The van der Waals surface area contributed by atoms with Crippen LogP contribution in [0.1, 0.15) is 59.3 Å². The molecule has 2 heteroatoms. The van der Waals surface area contributed by atoms with Crippen molar-refractivity contribution in [3.05, 3.63) is 0 Å². The van der Waals surface area contributed by atoms with Crippen LogP contribution in [0.25, 0.3) is 0 Å². The van der Waals surface area contributed by atoms with Crippen molar-refractivity contribution >= 4 is 0 Å². The topological polar surface area (TPSA) is 15.3 Å². The number of likely N-dealkylation sites (N-methyl/N-ethyl adjacent to an activating group) is 1. The second kappa shape index (κ2) is 8.10. The average Bonchev–Trinajstić information content (AvgIpc) is 2.29. The first-order valence-electron chi connectivity index (χ1n) is 7.58. The van der Waals surface area contributed by atoms with Gasteiger partial charge in [-0.1, -0.05) is 33.1 Å². The standard InChI is InChI=1S/C15H32N2/c1-5-8-14(3)16-11-12-17(4)15-10-7-6-9-13(15)2/h13-16H,5-12H2,1-4H3. The summed E-state index contributed by atoms with van der Waals surface area (Å²) < 4.78 is 0. The van der Waals surface area contributed by atoms with Crippen LogP contribution in [0.5, 0.6) is 0 Å². The van der Waals surface area contributed by atoms with Crippen LogP contribution < -0.4 is 5.32 Å². The van der Waals surface area contributed by atoms with Gasteiger partial charge in [0, 0.05) is 25.2 Å². The molecule has 3 unspecified atom stereocenters. The molecule has 0 aromatic heterocycles. The van der Waals surface area contributed by atoms with Crippen molar-refractivity contribution in [2.24, 2.45) is 5.92 Å². The molecule has 1 aliphatic carbocycles. The van der Waals surface area contributed by atoms with Gasteiger partial charge in [0.1, 0.15) is 0 Å². The highest BCUT2D eigenvalue weighted by Gasteiger charge is 2.24. The summed E-state index contributed by atoms with van der Waals surface area (Å²) in [7, 11) is 2.30. The van der Waals surface area contributed by atoms with Crippen LogP contribution in [0.3, 0.4) is 0 Å². The molecule has 1 N–H and O–H groups in total. The zero-order chi connectivity index (χ0) is 12.7. The Hall–Kier alpha value is -0.0800. The van der Waals surface area contributed by atoms with Gasteiger partial charge in [-0.05, 0) is 39.2 Å². The van der Waals surface area contributed by atoms with Gasteiger partial charge in [-0.3, -0.25) is 0 Å². The van der Waals surface area contributed by atoms with E-state index in [0.29, 0.717) is 6.04 Å². The third-order valence-electron chi connectivity index (χ3n) is 4.31. The molecule has 2 nitrogen and oxygen atoms in total. The van der Waals surface area contributed by atoms with Gasteiger partial charge < -0.3 is 10.2 Å². The number of nitrogens with zero attached hydrogens (tertiary/aromatic N) is 1. The van der Waals surface area contributed by atoms with Gasteiger partial charge in [0.15, 0.2) is 0 Å². The smallest absolute Gasteiger partial charge is 0.0118 e. The van der Waals surface area contributed by atoms with Gasteiger partial charge in [-0.15, -0.1) is 0 Å². The Morgan fingerprint density at radius 3 is 2.65 bits per heavy atom. The van der Waals surface area contributed by atoms with Gasteiger partial charge in [-0.2, -0.15) is 0 Å². The maximum absolute atomic E-state index is 3.63. The van der Waals surface area contributed by atoms with Gasteiger partial charge in [0.2, 0.25) is 0 Å². The second-order valence-corrected chi connectivity index (χ2v) is 5.95. The molecule has 102 valence electrons. The molecule has 0 aromatic carbocycles. The Morgan fingerprint density at radius 1 is 1.29 bits per heavy atom.